The first-order valence-corrected chi connectivity index (χ1v) is 10.4. The SMILES string of the molecule is COC(=O)C1CC(=O)N(C)C12CCN(Cc1cccc(Oc3ccccc3)c1)CC2. The first-order chi connectivity index (χ1) is 14.5. The number of carbonyl (C=O) groups is 2. The van der Waals surface area contributed by atoms with Crippen molar-refractivity contribution in [1.82, 2.24) is 9.80 Å². The highest BCUT2D eigenvalue weighted by molar-refractivity contribution is 5.88. The molecule has 1 atom stereocenters. The van der Waals surface area contributed by atoms with Crippen molar-refractivity contribution in [3.63, 3.8) is 0 Å². The van der Waals surface area contributed by atoms with Gasteiger partial charge in [0.25, 0.3) is 0 Å². The third-order valence-corrected chi connectivity index (χ3v) is 6.56. The van der Waals surface area contributed by atoms with Gasteiger partial charge in [-0.1, -0.05) is 30.3 Å². The van der Waals surface area contributed by atoms with Crippen LogP contribution in [0.4, 0.5) is 0 Å². The smallest absolute Gasteiger partial charge is 0.311 e. The van der Waals surface area contributed by atoms with Crippen molar-refractivity contribution in [1.29, 1.82) is 0 Å². The molecule has 0 aromatic heterocycles. The fraction of sp³-hybridized carbons (Fsp3) is 0.417. The Hall–Kier alpha value is -2.86. The lowest BCUT2D eigenvalue weighted by atomic mass is 9.77. The van der Waals surface area contributed by atoms with Crippen molar-refractivity contribution in [3.8, 4) is 11.5 Å². The van der Waals surface area contributed by atoms with Crippen LogP contribution < -0.4 is 4.74 Å². The van der Waals surface area contributed by atoms with Gasteiger partial charge in [0.2, 0.25) is 5.91 Å². The largest absolute Gasteiger partial charge is 0.469 e. The van der Waals surface area contributed by atoms with Crippen molar-refractivity contribution < 1.29 is 19.1 Å². The molecule has 2 saturated heterocycles. The quantitative estimate of drug-likeness (QED) is 0.709. The molecule has 2 aromatic rings. The van der Waals surface area contributed by atoms with Crippen molar-refractivity contribution in [3.05, 3.63) is 60.2 Å². The number of likely N-dealkylation sites (tertiary alicyclic amines) is 2. The molecule has 158 valence electrons. The predicted molar refractivity (Wildman–Crippen MR) is 113 cm³/mol. The number of hydrogen-bond donors (Lipinski definition) is 0. The molecule has 1 amide bonds. The second-order valence-electron chi connectivity index (χ2n) is 8.17. The molecule has 4 rings (SSSR count). The van der Waals surface area contributed by atoms with E-state index in [2.05, 4.69) is 17.0 Å². The van der Waals surface area contributed by atoms with Gasteiger partial charge >= 0.3 is 5.97 Å². The fourth-order valence-electron chi connectivity index (χ4n) is 4.80. The van der Waals surface area contributed by atoms with E-state index in [1.54, 1.807) is 4.90 Å². The van der Waals surface area contributed by atoms with Crippen LogP contribution in [0, 0.1) is 5.92 Å². The maximum Gasteiger partial charge on any atom is 0.311 e. The van der Waals surface area contributed by atoms with Crippen LogP contribution in [-0.2, 0) is 20.9 Å². The van der Waals surface area contributed by atoms with Crippen molar-refractivity contribution in [2.24, 2.45) is 5.92 Å². The summed E-state index contributed by atoms with van der Waals surface area (Å²) >= 11 is 0. The minimum Gasteiger partial charge on any atom is -0.469 e. The van der Waals surface area contributed by atoms with Gasteiger partial charge in [0, 0.05) is 33.1 Å². The number of piperidine rings is 1. The normalized spacial score (nSPS) is 21.1. The lowest BCUT2D eigenvalue weighted by Crippen LogP contribution is -2.56. The zero-order valence-corrected chi connectivity index (χ0v) is 17.5. The summed E-state index contributed by atoms with van der Waals surface area (Å²) in [5, 5.41) is 0. The van der Waals surface area contributed by atoms with E-state index in [9.17, 15) is 9.59 Å². The van der Waals surface area contributed by atoms with Crippen molar-refractivity contribution in [2.45, 2.75) is 31.3 Å². The first kappa shape index (κ1) is 20.4. The minimum atomic E-state index is -0.418. The lowest BCUT2D eigenvalue weighted by molar-refractivity contribution is -0.150. The fourth-order valence-corrected chi connectivity index (χ4v) is 4.80. The molecule has 2 aliphatic heterocycles. The maximum absolute atomic E-state index is 12.3. The zero-order valence-electron chi connectivity index (χ0n) is 17.5. The van der Waals surface area contributed by atoms with Crippen LogP contribution in [0.15, 0.2) is 54.6 Å². The number of benzene rings is 2. The molecule has 2 aliphatic rings. The molecule has 0 N–H and O–H groups in total. The Bertz CT molecular complexity index is 906. The molecule has 2 aromatic carbocycles. The molecule has 0 saturated carbocycles. The number of para-hydroxylation sites is 1. The summed E-state index contributed by atoms with van der Waals surface area (Å²) in [6, 6.07) is 17.9. The van der Waals surface area contributed by atoms with E-state index in [-0.39, 0.29) is 24.2 Å². The first-order valence-electron chi connectivity index (χ1n) is 10.4. The van der Waals surface area contributed by atoms with Crippen LogP contribution in [0.5, 0.6) is 11.5 Å². The average Bonchev–Trinajstić information content (AvgIpc) is 3.01. The van der Waals surface area contributed by atoms with Crippen molar-refractivity contribution in [2.75, 3.05) is 27.2 Å². The summed E-state index contributed by atoms with van der Waals surface area (Å²) in [5.74, 6) is 1.03. The summed E-state index contributed by atoms with van der Waals surface area (Å²) < 4.78 is 10.9. The molecule has 0 radical (unpaired) electrons. The van der Waals surface area contributed by atoms with Crippen LogP contribution in [0.3, 0.4) is 0 Å². The molecule has 30 heavy (non-hydrogen) atoms. The van der Waals surface area contributed by atoms with E-state index in [1.807, 2.05) is 49.5 Å². The predicted octanol–water partition coefficient (Wildman–Crippen LogP) is 3.46. The van der Waals surface area contributed by atoms with Gasteiger partial charge in [-0.2, -0.15) is 0 Å². The molecule has 1 spiro atoms. The van der Waals surface area contributed by atoms with Crippen LogP contribution >= 0.6 is 0 Å². The van der Waals surface area contributed by atoms with Gasteiger partial charge in [0.05, 0.1) is 18.6 Å². The van der Waals surface area contributed by atoms with E-state index in [1.165, 1.54) is 12.7 Å². The molecular formula is C24H28N2O4. The number of ether oxygens (including phenoxy) is 2. The van der Waals surface area contributed by atoms with Gasteiger partial charge in [0.1, 0.15) is 11.5 Å². The van der Waals surface area contributed by atoms with Crippen LogP contribution in [0.2, 0.25) is 0 Å². The number of methoxy groups -OCH3 is 1. The summed E-state index contributed by atoms with van der Waals surface area (Å²) in [4.78, 5) is 28.8. The van der Waals surface area contributed by atoms with Crippen LogP contribution in [-0.4, -0.2) is 54.5 Å². The number of amides is 1. The van der Waals surface area contributed by atoms with Gasteiger partial charge in [-0.05, 0) is 42.7 Å². The van der Waals surface area contributed by atoms with Crippen molar-refractivity contribution >= 4 is 11.9 Å². The maximum atomic E-state index is 12.3. The molecular weight excluding hydrogens is 380 g/mol. The zero-order chi connectivity index (χ0) is 21.1. The summed E-state index contributed by atoms with van der Waals surface area (Å²) in [5.41, 5.74) is 0.763. The molecule has 2 heterocycles. The molecule has 0 bridgehead atoms. The van der Waals surface area contributed by atoms with E-state index in [4.69, 9.17) is 9.47 Å². The van der Waals surface area contributed by atoms with Crippen LogP contribution in [0.1, 0.15) is 24.8 Å². The summed E-state index contributed by atoms with van der Waals surface area (Å²) in [6.45, 7) is 2.46. The van der Waals surface area contributed by atoms with Crippen LogP contribution in [0.25, 0.3) is 0 Å². The Morgan fingerprint density at radius 2 is 1.77 bits per heavy atom. The van der Waals surface area contributed by atoms with E-state index in [0.29, 0.717) is 0 Å². The topological polar surface area (TPSA) is 59.1 Å². The number of rotatable bonds is 5. The van der Waals surface area contributed by atoms with Gasteiger partial charge in [0.15, 0.2) is 0 Å². The van der Waals surface area contributed by atoms with E-state index >= 15 is 0 Å². The number of carbonyl (C=O) groups excluding carboxylic acids is 2. The third-order valence-electron chi connectivity index (χ3n) is 6.56. The monoisotopic (exact) mass is 408 g/mol. The Balaban J connectivity index is 1.41. The highest BCUT2D eigenvalue weighted by Crippen LogP contribution is 2.43. The van der Waals surface area contributed by atoms with Gasteiger partial charge < -0.3 is 14.4 Å². The summed E-state index contributed by atoms with van der Waals surface area (Å²) in [6.07, 6.45) is 1.80. The minimum absolute atomic E-state index is 0.0320. The second-order valence-corrected chi connectivity index (χ2v) is 8.17. The number of esters is 1. The highest BCUT2D eigenvalue weighted by atomic mass is 16.5. The Kier molecular flexibility index (Phi) is 5.77. The third kappa shape index (κ3) is 3.92. The number of hydrogen-bond acceptors (Lipinski definition) is 5. The lowest BCUT2D eigenvalue weighted by Gasteiger charge is -2.45. The molecule has 2 fully saturated rings. The van der Waals surface area contributed by atoms with E-state index in [0.717, 1.165) is 44.0 Å². The molecule has 1 unspecified atom stereocenters. The van der Waals surface area contributed by atoms with Gasteiger partial charge in [-0.3, -0.25) is 14.5 Å². The highest BCUT2D eigenvalue weighted by Gasteiger charge is 2.55. The molecule has 0 aliphatic carbocycles. The van der Waals surface area contributed by atoms with Gasteiger partial charge in [-0.25, -0.2) is 0 Å². The molecule has 6 heteroatoms. The standard InChI is InChI=1S/C24H28N2O4/c1-25-22(27)16-21(23(28)29-2)24(25)11-13-26(14-12-24)17-18-7-6-10-20(15-18)30-19-8-4-3-5-9-19/h3-10,15,21H,11-14,16-17H2,1-2H3. The Morgan fingerprint density at radius 1 is 1.07 bits per heavy atom. The second kappa shape index (κ2) is 8.48. The number of nitrogens with zero attached hydrogens (tertiary/aromatic N) is 2. The molecule has 6 nitrogen and oxygen atoms in total. The average molecular weight is 408 g/mol. The Morgan fingerprint density at radius 3 is 2.47 bits per heavy atom. The van der Waals surface area contributed by atoms with Gasteiger partial charge in [-0.15, -0.1) is 0 Å². The van der Waals surface area contributed by atoms with E-state index < -0.39 is 5.54 Å². The summed E-state index contributed by atoms with van der Waals surface area (Å²) in [7, 11) is 3.23. The Labute approximate surface area is 177 Å².